The first-order valence-corrected chi connectivity index (χ1v) is 9.41. The maximum absolute atomic E-state index is 13.0. The molecule has 1 N–H and O–H groups in total. The standard InChI is InChI=1S/C22H22FN3O3/c1-3-25(4-2)22(29)21(28)18-13-26(19-8-6-5-7-17(18)19)14-20(27)24-16-11-9-15(23)10-12-16/h5-13H,3-4,14H2,1-2H3,(H,24,27). The smallest absolute Gasteiger partial charge is 0.295 e. The lowest BCUT2D eigenvalue weighted by Gasteiger charge is -2.17. The number of nitrogens with zero attached hydrogens (tertiary/aromatic N) is 2. The number of benzene rings is 2. The van der Waals surface area contributed by atoms with Gasteiger partial charge in [0, 0.05) is 35.9 Å². The highest BCUT2D eigenvalue weighted by Crippen LogP contribution is 2.23. The molecule has 0 unspecified atom stereocenters. The Balaban J connectivity index is 1.87. The fourth-order valence-electron chi connectivity index (χ4n) is 3.22. The second-order valence-electron chi connectivity index (χ2n) is 6.55. The van der Waals surface area contributed by atoms with E-state index < -0.39 is 11.7 Å². The number of rotatable bonds is 7. The number of amides is 2. The van der Waals surface area contributed by atoms with Gasteiger partial charge < -0.3 is 14.8 Å². The Labute approximate surface area is 167 Å². The van der Waals surface area contributed by atoms with Crippen LogP contribution in [-0.2, 0) is 16.1 Å². The lowest BCUT2D eigenvalue weighted by molar-refractivity contribution is -0.126. The second kappa shape index (κ2) is 8.68. The Kier molecular flexibility index (Phi) is 6.07. The molecule has 0 saturated carbocycles. The number of likely N-dealkylation sites (N-methyl/N-ethyl adjacent to an activating group) is 1. The van der Waals surface area contributed by atoms with E-state index in [0.29, 0.717) is 29.7 Å². The summed E-state index contributed by atoms with van der Waals surface area (Å²) < 4.78 is 14.7. The molecular formula is C22H22FN3O3. The molecule has 1 heterocycles. The van der Waals surface area contributed by atoms with Crippen LogP contribution >= 0.6 is 0 Å². The number of para-hydroxylation sites is 1. The average Bonchev–Trinajstić information content (AvgIpc) is 3.08. The number of anilines is 1. The SMILES string of the molecule is CCN(CC)C(=O)C(=O)c1cn(CC(=O)Nc2ccc(F)cc2)c2ccccc12. The molecule has 6 nitrogen and oxygen atoms in total. The highest BCUT2D eigenvalue weighted by Gasteiger charge is 2.25. The highest BCUT2D eigenvalue weighted by molar-refractivity contribution is 6.44. The van der Waals surface area contributed by atoms with E-state index in [9.17, 15) is 18.8 Å². The van der Waals surface area contributed by atoms with Crippen LogP contribution in [0.5, 0.6) is 0 Å². The van der Waals surface area contributed by atoms with Crippen molar-refractivity contribution in [1.29, 1.82) is 0 Å². The third kappa shape index (κ3) is 4.34. The zero-order chi connectivity index (χ0) is 21.0. The number of Topliss-reactive ketones (excluding diaryl/α,β-unsaturated/α-hetero) is 1. The molecule has 3 aromatic rings. The van der Waals surface area contributed by atoms with Crippen molar-refractivity contribution in [2.24, 2.45) is 0 Å². The van der Waals surface area contributed by atoms with Gasteiger partial charge in [0.1, 0.15) is 12.4 Å². The summed E-state index contributed by atoms with van der Waals surface area (Å²) in [7, 11) is 0. The van der Waals surface area contributed by atoms with E-state index in [1.54, 1.807) is 35.0 Å². The van der Waals surface area contributed by atoms with Crippen LogP contribution in [0, 0.1) is 5.82 Å². The van der Waals surface area contributed by atoms with Crippen molar-refractivity contribution in [1.82, 2.24) is 9.47 Å². The quantitative estimate of drug-likeness (QED) is 0.492. The molecule has 0 aliphatic carbocycles. The Morgan fingerprint density at radius 2 is 1.66 bits per heavy atom. The first-order chi connectivity index (χ1) is 13.9. The lowest BCUT2D eigenvalue weighted by Crippen LogP contribution is -2.36. The van der Waals surface area contributed by atoms with E-state index in [-0.39, 0.29) is 23.8 Å². The number of nitrogens with one attached hydrogen (secondary N) is 1. The van der Waals surface area contributed by atoms with Crippen LogP contribution in [0.25, 0.3) is 10.9 Å². The van der Waals surface area contributed by atoms with E-state index in [4.69, 9.17) is 0 Å². The van der Waals surface area contributed by atoms with Gasteiger partial charge in [0.25, 0.3) is 11.7 Å². The summed E-state index contributed by atoms with van der Waals surface area (Å²) in [5.41, 5.74) is 1.42. The van der Waals surface area contributed by atoms with Crippen molar-refractivity contribution in [3.8, 4) is 0 Å². The molecule has 0 radical (unpaired) electrons. The van der Waals surface area contributed by atoms with Gasteiger partial charge >= 0.3 is 0 Å². The van der Waals surface area contributed by atoms with Crippen molar-refractivity contribution in [2.45, 2.75) is 20.4 Å². The van der Waals surface area contributed by atoms with Crippen LogP contribution < -0.4 is 5.32 Å². The van der Waals surface area contributed by atoms with Crippen LogP contribution in [0.15, 0.2) is 54.7 Å². The molecule has 0 fully saturated rings. The van der Waals surface area contributed by atoms with Gasteiger partial charge in [-0.15, -0.1) is 0 Å². The van der Waals surface area contributed by atoms with Gasteiger partial charge in [-0.1, -0.05) is 18.2 Å². The number of hydrogen-bond donors (Lipinski definition) is 1. The Bertz CT molecular complexity index is 1050. The minimum absolute atomic E-state index is 0.0510. The zero-order valence-electron chi connectivity index (χ0n) is 16.3. The van der Waals surface area contributed by atoms with Gasteiger partial charge in [0.05, 0.1) is 5.56 Å². The predicted molar refractivity (Wildman–Crippen MR) is 109 cm³/mol. The molecule has 0 spiro atoms. The van der Waals surface area contributed by atoms with Crippen LogP contribution in [0.3, 0.4) is 0 Å². The fraction of sp³-hybridized carbons (Fsp3) is 0.227. The number of carbonyl (C=O) groups is 3. The molecule has 29 heavy (non-hydrogen) atoms. The van der Waals surface area contributed by atoms with Gasteiger partial charge in [-0.05, 0) is 44.2 Å². The molecule has 2 aromatic carbocycles. The van der Waals surface area contributed by atoms with Crippen molar-refractivity contribution in [2.75, 3.05) is 18.4 Å². The normalized spacial score (nSPS) is 10.7. The fourth-order valence-corrected chi connectivity index (χ4v) is 3.22. The highest BCUT2D eigenvalue weighted by atomic mass is 19.1. The Hall–Kier alpha value is -3.48. The molecule has 2 amide bonds. The Morgan fingerprint density at radius 3 is 2.31 bits per heavy atom. The third-order valence-corrected chi connectivity index (χ3v) is 4.72. The molecule has 150 valence electrons. The van der Waals surface area contributed by atoms with Crippen molar-refractivity contribution in [3.05, 3.63) is 66.1 Å². The minimum Gasteiger partial charge on any atom is -0.337 e. The summed E-state index contributed by atoms with van der Waals surface area (Å²) in [4.78, 5) is 39.2. The number of carbonyl (C=O) groups excluding carboxylic acids is 3. The van der Waals surface area contributed by atoms with Crippen LogP contribution in [0.4, 0.5) is 10.1 Å². The van der Waals surface area contributed by atoms with Gasteiger partial charge in [-0.25, -0.2) is 4.39 Å². The largest absolute Gasteiger partial charge is 0.337 e. The van der Waals surface area contributed by atoms with E-state index in [2.05, 4.69) is 5.32 Å². The second-order valence-corrected chi connectivity index (χ2v) is 6.55. The van der Waals surface area contributed by atoms with Crippen molar-refractivity contribution >= 4 is 34.2 Å². The minimum atomic E-state index is -0.595. The zero-order valence-corrected chi connectivity index (χ0v) is 16.3. The van der Waals surface area contributed by atoms with E-state index in [0.717, 1.165) is 0 Å². The van der Waals surface area contributed by atoms with Gasteiger partial charge in [-0.2, -0.15) is 0 Å². The van der Waals surface area contributed by atoms with Crippen molar-refractivity contribution < 1.29 is 18.8 Å². The first kappa shape index (κ1) is 20.3. The van der Waals surface area contributed by atoms with Gasteiger partial charge in [0.15, 0.2) is 0 Å². The summed E-state index contributed by atoms with van der Waals surface area (Å²) >= 11 is 0. The topological polar surface area (TPSA) is 71.4 Å². The molecule has 1 aromatic heterocycles. The molecule has 0 atom stereocenters. The van der Waals surface area contributed by atoms with Crippen LogP contribution in [-0.4, -0.2) is 40.2 Å². The summed E-state index contributed by atoms with van der Waals surface area (Å²) in [6.07, 6.45) is 1.54. The summed E-state index contributed by atoms with van der Waals surface area (Å²) in [5.74, 6) is -1.87. The van der Waals surface area contributed by atoms with E-state index in [1.165, 1.54) is 29.2 Å². The molecular weight excluding hydrogens is 373 g/mol. The average molecular weight is 395 g/mol. The Morgan fingerprint density at radius 1 is 1.00 bits per heavy atom. The number of fused-ring (bicyclic) bond motifs is 1. The maximum Gasteiger partial charge on any atom is 0.295 e. The summed E-state index contributed by atoms with van der Waals surface area (Å²) in [5, 5.41) is 3.31. The molecule has 0 saturated heterocycles. The molecule has 0 bridgehead atoms. The summed E-state index contributed by atoms with van der Waals surface area (Å²) in [6.45, 7) is 4.47. The molecule has 0 aliphatic rings. The first-order valence-electron chi connectivity index (χ1n) is 9.41. The van der Waals surface area contributed by atoms with Crippen LogP contribution in [0.2, 0.25) is 0 Å². The number of ketones is 1. The number of hydrogen-bond acceptors (Lipinski definition) is 3. The number of aromatic nitrogens is 1. The molecule has 3 rings (SSSR count). The maximum atomic E-state index is 13.0. The lowest BCUT2D eigenvalue weighted by atomic mass is 10.1. The molecule has 0 aliphatic heterocycles. The number of halogens is 1. The monoisotopic (exact) mass is 395 g/mol. The predicted octanol–water partition coefficient (Wildman–Crippen LogP) is 3.47. The summed E-state index contributed by atoms with van der Waals surface area (Å²) in [6, 6.07) is 12.6. The van der Waals surface area contributed by atoms with E-state index in [1.807, 2.05) is 13.8 Å². The van der Waals surface area contributed by atoms with Gasteiger partial charge in [0.2, 0.25) is 5.91 Å². The van der Waals surface area contributed by atoms with E-state index >= 15 is 0 Å². The molecule has 7 heteroatoms. The van der Waals surface area contributed by atoms with Gasteiger partial charge in [-0.3, -0.25) is 14.4 Å². The third-order valence-electron chi connectivity index (χ3n) is 4.72. The van der Waals surface area contributed by atoms with Crippen molar-refractivity contribution in [3.63, 3.8) is 0 Å². The van der Waals surface area contributed by atoms with Crippen LogP contribution in [0.1, 0.15) is 24.2 Å².